The van der Waals surface area contributed by atoms with E-state index in [0.29, 0.717) is 25.7 Å². The van der Waals surface area contributed by atoms with Crippen LogP contribution < -0.4 is 0 Å². The number of esters is 4. The van der Waals surface area contributed by atoms with Crippen LogP contribution in [0.1, 0.15) is 421 Å². The van der Waals surface area contributed by atoms with E-state index in [2.05, 4.69) is 48.5 Å². The maximum Gasteiger partial charge on any atom is 0.472 e. The van der Waals surface area contributed by atoms with Gasteiger partial charge in [-0.05, 0) is 43.4 Å². The molecule has 100 heavy (non-hydrogen) atoms. The molecular weight excluding hydrogens is 1310 g/mol. The number of aliphatic hydroxyl groups excluding tert-OH is 1. The van der Waals surface area contributed by atoms with Crippen molar-refractivity contribution in [3.05, 3.63) is 0 Å². The summed E-state index contributed by atoms with van der Waals surface area (Å²) in [4.78, 5) is 72.7. The smallest absolute Gasteiger partial charge is 0.462 e. The van der Waals surface area contributed by atoms with Crippen LogP contribution in [0.25, 0.3) is 0 Å². The third-order valence-corrected chi connectivity index (χ3v) is 21.1. The molecule has 0 aliphatic carbocycles. The first-order chi connectivity index (χ1) is 48.3. The Morgan fingerprint density at radius 3 is 0.760 bits per heavy atom. The fourth-order valence-corrected chi connectivity index (χ4v) is 14.0. The Bertz CT molecular complexity index is 1940. The summed E-state index contributed by atoms with van der Waals surface area (Å²) < 4.78 is 68.5. The molecule has 0 aromatic carbocycles. The standard InChI is InChI=1S/C81H158O17P2/c1-8-10-11-45-55-62-78(83)91-68-76(97-80(85)65-58-51-44-38-32-26-28-34-40-47-53-60-73(5)6)70-95-99(87,88)93-66-75(82)67-94-100(89,90)96-71-77(69-92-79(84)63-56-49-42-36-30-24-20-17-16-18-22-27-33-39-46-52-59-72(3)4)98-81(86)64-57-50-43-37-31-25-21-15-13-12-14-19-23-29-35-41-48-54-61-74(7)9-2/h72-77,82H,8-71H2,1-7H3,(H,87,88)(H,89,90)/t74?,75-,76+,77+/m0/s1. The van der Waals surface area contributed by atoms with Gasteiger partial charge in [-0.1, -0.05) is 370 Å². The van der Waals surface area contributed by atoms with Gasteiger partial charge in [-0.15, -0.1) is 0 Å². The van der Waals surface area contributed by atoms with Crippen LogP contribution in [0, 0.1) is 17.8 Å². The highest BCUT2D eigenvalue weighted by Crippen LogP contribution is 2.45. The maximum absolute atomic E-state index is 13.1. The lowest BCUT2D eigenvalue weighted by molar-refractivity contribution is -0.161. The van der Waals surface area contributed by atoms with Crippen LogP contribution >= 0.6 is 15.6 Å². The van der Waals surface area contributed by atoms with Crippen molar-refractivity contribution in [3.8, 4) is 0 Å². The summed E-state index contributed by atoms with van der Waals surface area (Å²) >= 11 is 0. The van der Waals surface area contributed by atoms with E-state index in [4.69, 9.17) is 37.0 Å². The van der Waals surface area contributed by atoms with E-state index in [0.717, 1.165) is 114 Å². The number of ether oxygens (including phenoxy) is 4. The highest BCUT2D eigenvalue weighted by molar-refractivity contribution is 7.47. The molecular formula is C81H158O17P2. The molecule has 0 heterocycles. The van der Waals surface area contributed by atoms with Crippen LogP contribution in [-0.2, 0) is 65.4 Å². The van der Waals surface area contributed by atoms with Gasteiger partial charge in [-0.2, -0.15) is 0 Å². The van der Waals surface area contributed by atoms with Crippen molar-refractivity contribution < 1.29 is 80.2 Å². The first-order valence-electron chi connectivity index (χ1n) is 41.9. The van der Waals surface area contributed by atoms with Crippen molar-refractivity contribution in [1.29, 1.82) is 0 Å². The number of unbranched alkanes of at least 4 members (excludes halogenated alkanes) is 46. The SMILES string of the molecule is CCCCCCCC(=O)OC[C@H](COP(=O)(O)OC[C@H](O)COP(=O)(O)OC[C@@H](COC(=O)CCCCCCCCCCCCCCCCCCC(C)C)OC(=O)CCCCCCCCCCCCCCCCCCCCC(C)CC)OC(=O)CCCCCCCCCCCCCC(C)C. The summed E-state index contributed by atoms with van der Waals surface area (Å²) in [6.45, 7) is 11.9. The number of rotatable bonds is 79. The number of phosphoric acid groups is 2. The molecule has 0 amide bonds. The lowest BCUT2D eigenvalue weighted by Gasteiger charge is -2.21. The Morgan fingerprint density at radius 1 is 0.290 bits per heavy atom. The van der Waals surface area contributed by atoms with E-state index in [1.54, 1.807) is 0 Å². The summed E-state index contributed by atoms with van der Waals surface area (Å²) in [5, 5.41) is 10.6. The topological polar surface area (TPSA) is 237 Å². The Kier molecular flexibility index (Phi) is 69.9. The van der Waals surface area contributed by atoms with Crippen molar-refractivity contribution in [2.45, 2.75) is 439 Å². The summed E-state index contributed by atoms with van der Waals surface area (Å²) in [5.74, 6) is 0.326. The van der Waals surface area contributed by atoms with Gasteiger partial charge >= 0.3 is 39.5 Å². The normalized spacial score (nSPS) is 14.2. The zero-order chi connectivity index (χ0) is 73.7. The van der Waals surface area contributed by atoms with Crippen LogP contribution in [0.2, 0.25) is 0 Å². The predicted octanol–water partition coefficient (Wildman–Crippen LogP) is 24.1. The highest BCUT2D eigenvalue weighted by Gasteiger charge is 2.30. The molecule has 0 spiro atoms. The van der Waals surface area contributed by atoms with Crippen LogP contribution in [-0.4, -0.2) is 96.7 Å². The number of aliphatic hydroxyl groups is 1. The van der Waals surface area contributed by atoms with Gasteiger partial charge in [-0.3, -0.25) is 37.3 Å². The maximum atomic E-state index is 13.1. The van der Waals surface area contributed by atoms with Crippen LogP contribution in [0.15, 0.2) is 0 Å². The Hall–Kier alpha value is -1.94. The van der Waals surface area contributed by atoms with Crippen molar-refractivity contribution in [2.24, 2.45) is 17.8 Å². The van der Waals surface area contributed by atoms with E-state index in [9.17, 15) is 43.2 Å². The number of carbonyl (C=O) groups excluding carboxylic acids is 4. The quantitative estimate of drug-likeness (QED) is 0.0222. The minimum atomic E-state index is -4.96. The lowest BCUT2D eigenvalue weighted by Crippen LogP contribution is -2.30. The molecule has 0 aliphatic heterocycles. The van der Waals surface area contributed by atoms with Gasteiger partial charge < -0.3 is 33.8 Å². The average Bonchev–Trinajstić information content (AvgIpc) is 0.928. The fourth-order valence-electron chi connectivity index (χ4n) is 12.5. The Labute approximate surface area is 613 Å². The van der Waals surface area contributed by atoms with Crippen molar-refractivity contribution >= 4 is 39.5 Å². The molecule has 0 radical (unpaired) electrons. The van der Waals surface area contributed by atoms with E-state index >= 15 is 0 Å². The van der Waals surface area contributed by atoms with Gasteiger partial charge in [0.2, 0.25) is 0 Å². The van der Waals surface area contributed by atoms with Crippen molar-refractivity contribution in [2.75, 3.05) is 39.6 Å². The molecule has 0 saturated heterocycles. The van der Waals surface area contributed by atoms with Crippen molar-refractivity contribution in [1.82, 2.24) is 0 Å². The van der Waals surface area contributed by atoms with E-state index in [1.807, 2.05) is 0 Å². The molecule has 0 bridgehead atoms. The number of hydrogen-bond acceptors (Lipinski definition) is 15. The number of phosphoric ester groups is 2. The zero-order valence-electron chi connectivity index (χ0n) is 65.7. The van der Waals surface area contributed by atoms with Crippen molar-refractivity contribution in [3.63, 3.8) is 0 Å². The second-order valence-corrected chi connectivity index (χ2v) is 33.3. The van der Waals surface area contributed by atoms with Gasteiger partial charge in [0.15, 0.2) is 12.2 Å². The van der Waals surface area contributed by atoms with Gasteiger partial charge in [0.05, 0.1) is 26.4 Å². The minimum absolute atomic E-state index is 0.106. The monoisotopic (exact) mass is 1470 g/mol. The predicted molar refractivity (Wildman–Crippen MR) is 409 cm³/mol. The molecule has 3 N–H and O–H groups in total. The van der Waals surface area contributed by atoms with Gasteiger partial charge in [0.25, 0.3) is 0 Å². The lowest BCUT2D eigenvalue weighted by atomic mass is 9.99. The first kappa shape index (κ1) is 98.1. The molecule has 0 fully saturated rings. The number of carbonyl (C=O) groups is 4. The Balaban J connectivity index is 5.12. The molecule has 0 aromatic heterocycles. The molecule has 19 heteroatoms. The first-order valence-corrected chi connectivity index (χ1v) is 44.9. The average molecular weight is 1470 g/mol. The molecule has 0 rings (SSSR count). The largest absolute Gasteiger partial charge is 0.472 e. The fraction of sp³-hybridized carbons (Fsp3) is 0.951. The van der Waals surface area contributed by atoms with Gasteiger partial charge in [0, 0.05) is 25.7 Å². The molecule has 0 aromatic rings. The zero-order valence-corrected chi connectivity index (χ0v) is 67.5. The second-order valence-electron chi connectivity index (χ2n) is 30.4. The minimum Gasteiger partial charge on any atom is -0.462 e. The van der Waals surface area contributed by atoms with E-state index in [1.165, 1.54) is 225 Å². The summed E-state index contributed by atoms with van der Waals surface area (Å²) in [6.07, 6.45) is 60.2. The summed E-state index contributed by atoms with van der Waals surface area (Å²) in [6, 6.07) is 0. The summed E-state index contributed by atoms with van der Waals surface area (Å²) in [7, 11) is -9.91. The number of hydrogen-bond donors (Lipinski definition) is 3. The van der Waals surface area contributed by atoms with Crippen LogP contribution in [0.3, 0.4) is 0 Å². The van der Waals surface area contributed by atoms with Crippen LogP contribution in [0.4, 0.5) is 0 Å². The second kappa shape index (κ2) is 71.3. The third kappa shape index (κ3) is 73.0. The van der Waals surface area contributed by atoms with Gasteiger partial charge in [0.1, 0.15) is 19.3 Å². The molecule has 0 aliphatic rings. The van der Waals surface area contributed by atoms with Gasteiger partial charge in [-0.25, -0.2) is 9.13 Å². The van der Waals surface area contributed by atoms with E-state index in [-0.39, 0.29) is 25.7 Å². The van der Waals surface area contributed by atoms with E-state index < -0.39 is 97.5 Å². The third-order valence-electron chi connectivity index (χ3n) is 19.2. The Morgan fingerprint density at radius 2 is 0.510 bits per heavy atom. The molecule has 6 atom stereocenters. The molecule has 594 valence electrons. The molecule has 17 nitrogen and oxygen atoms in total. The highest BCUT2D eigenvalue weighted by atomic mass is 31.2. The molecule has 0 saturated carbocycles. The summed E-state index contributed by atoms with van der Waals surface area (Å²) in [5.41, 5.74) is 0. The van der Waals surface area contributed by atoms with Crippen LogP contribution in [0.5, 0.6) is 0 Å². The molecule has 3 unspecified atom stereocenters.